The Kier molecular flexibility index (Phi) is 10.3. The second-order valence-corrected chi connectivity index (χ2v) is 20.5. The molecule has 0 atom stereocenters. The molecule has 0 N–H and O–H groups in total. The first-order valence-electron chi connectivity index (χ1n) is 16.4. The molecule has 1 saturated heterocycles. The fourth-order valence-electron chi connectivity index (χ4n) is 5.78. The standard InChI is InChI=1S/C34H39Cl2N9O3SSi/c1-46-24-7-5-23(6-8-24)18-43(19-31-39-28-15-26(35)27(36)16-30(28)44(31)22-48-13-14-50(2,3)4)34-41-33(42-9-11-47-12-10-42)40-32-25(17-38-45(32)34)29-20-49-21-37-29/h5-8,15-17,20-21H,9-14,18-19,22H2,1-4H3. The predicted molar refractivity (Wildman–Crippen MR) is 202 cm³/mol. The quantitative estimate of drug-likeness (QED) is 0.0884. The highest BCUT2D eigenvalue weighted by molar-refractivity contribution is 7.07. The van der Waals surface area contributed by atoms with Crippen LogP contribution >= 0.6 is 34.5 Å². The molecule has 50 heavy (non-hydrogen) atoms. The highest BCUT2D eigenvalue weighted by Gasteiger charge is 2.26. The number of benzene rings is 2. The van der Waals surface area contributed by atoms with Crippen molar-refractivity contribution in [3.05, 3.63) is 74.9 Å². The minimum atomic E-state index is -1.29. The lowest BCUT2D eigenvalue weighted by atomic mass is 10.2. The predicted octanol–water partition coefficient (Wildman–Crippen LogP) is 7.27. The van der Waals surface area contributed by atoms with Crippen LogP contribution in [0.15, 0.2) is 53.5 Å². The maximum atomic E-state index is 6.55. The van der Waals surface area contributed by atoms with Gasteiger partial charge < -0.3 is 28.6 Å². The van der Waals surface area contributed by atoms with E-state index in [1.165, 1.54) is 11.3 Å². The van der Waals surface area contributed by atoms with Crippen molar-refractivity contribution in [2.45, 2.75) is 45.5 Å². The van der Waals surface area contributed by atoms with Gasteiger partial charge in [-0.1, -0.05) is 55.0 Å². The van der Waals surface area contributed by atoms with E-state index in [1.54, 1.807) is 11.6 Å². The van der Waals surface area contributed by atoms with E-state index >= 15 is 0 Å². The van der Waals surface area contributed by atoms with Gasteiger partial charge in [-0.2, -0.15) is 19.6 Å². The summed E-state index contributed by atoms with van der Waals surface area (Å²) in [6.45, 7) is 11.4. The van der Waals surface area contributed by atoms with Gasteiger partial charge in [0.15, 0.2) is 5.65 Å². The van der Waals surface area contributed by atoms with Crippen LogP contribution in [0.3, 0.4) is 0 Å². The van der Waals surface area contributed by atoms with Crippen molar-refractivity contribution in [2.75, 3.05) is 49.8 Å². The molecule has 4 aromatic heterocycles. The number of anilines is 2. The van der Waals surface area contributed by atoms with Gasteiger partial charge in [0.1, 0.15) is 18.3 Å². The third-order valence-corrected chi connectivity index (χ3v) is 11.6. The maximum Gasteiger partial charge on any atom is 0.232 e. The van der Waals surface area contributed by atoms with Crippen molar-refractivity contribution < 1.29 is 14.2 Å². The number of imidazole rings is 1. The van der Waals surface area contributed by atoms with Gasteiger partial charge in [-0.15, -0.1) is 11.3 Å². The Labute approximate surface area is 305 Å². The minimum absolute atomic E-state index is 0.318. The summed E-state index contributed by atoms with van der Waals surface area (Å²) in [5.41, 5.74) is 6.77. The number of thiazole rings is 1. The molecular weight excluding hydrogens is 713 g/mol. The summed E-state index contributed by atoms with van der Waals surface area (Å²) in [6.07, 6.45) is 1.81. The lowest BCUT2D eigenvalue weighted by Gasteiger charge is -2.29. The Morgan fingerprint density at radius 3 is 2.50 bits per heavy atom. The van der Waals surface area contributed by atoms with Crippen LogP contribution in [0.1, 0.15) is 11.4 Å². The first-order valence-corrected chi connectivity index (χ1v) is 21.8. The van der Waals surface area contributed by atoms with Gasteiger partial charge in [0.2, 0.25) is 11.9 Å². The topological polar surface area (TPSA) is 108 Å². The van der Waals surface area contributed by atoms with E-state index in [2.05, 4.69) is 51.1 Å². The molecule has 2 aromatic carbocycles. The molecule has 0 aliphatic carbocycles. The Bertz CT molecular complexity index is 2080. The van der Waals surface area contributed by atoms with Crippen LogP contribution in [0, 0.1) is 0 Å². The van der Waals surface area contributed by atoms with E-state index in [4.69, 9.17) is 57.5 Å². The lowest BCUT2D eigenvalue weighted by molar-refractivity contribution is 0.0878. The Balaban J connectivity index is 1.36. The van der Waals surface area contributed by atoms with Crippen molar-refractivity contribution in [1.82, 2.24) is 34.1 Å². The largest absolute Gasteiger partial charge is 0.497 e. The average Bonchev–Trinajstić information content (AvgIpc) is 3.86. The van der Waals surface area contributed by atoms with Gasteiger partial charge in [-0.3, -0.25) is 0 Å². The minimum Gasteiger partial charge on any atom is -0.497 e. The van der Waals surface area contributed by atoms with Crippen molar-refractivity contribution in [2.24, 2.45) is 0 Å². The summed E-state index contributed by atoms with van der Waals surface area (Å²) in [5, 5.41) is 7.74. The number of ether oxygens (including phenoxy) is 3. The number of aromatic nitrogens is 7. The highest BCUT2D eigenvalue weighted by atomic mass is 35.5. The van der Waals surface area contributed by atoms with E-state index < -0.39 is 8.07 Å². The summed E-state index contributed by atoms with van der Waals surface area (Å²) in [6, 6.07) is 12.7. The zero-order valence-electron chi connectivity index (χ0n) is 28.5. The molecule has 12 nitrogen and oxygen atoms in total. The number of halogens is 2. The van der Waals surface area contributed by atoms with Gasteiger partial charge in [-0.05, 0) is 35.9 Å². The molecule has 5 heterocycles. The molecule has 262 valence electrons. The van der Waals surface area contributed by atoms with Gasteiger partial charge in [0.25, 0.3) is 0 Å². The number of morpholine rings is 1. The molecule has 16 heteroatoms. The molecule has 0 spiro atoms. The molecule has 0 radical (unpaired) electrons. The molecule has 0 bridgehead atoms. The van der Waals surface area contributed by atoms with Crippen molar-refractivity contribution >= 4 is 71.2 Å². The van der Waals surface area contributed by atoms with Crippen LogP contribution in [0.5, 0.6) is 5.75 Å². The average molecular weight is 753 g/mol. The Hall–Kier alpha value is -3.79. The molecule has 7 rings (SSSR count). The summed E-state index contributed by atoms with van der Waals surface area (Å²) in [7, 11) is 0.372. The third-order valence-electron chi connectivity index (χ3n) is 8.58. The number of nitrogens with zero attached hydrogens (tertiary/aromatic N) is 9. The van der Waals surface area contributed by atoms with Crippen molar-refractivity contribution in [3.8, 4) is 17.0 Å². The SMILES string of the molecule is COc1ccc(CN(Cc2nc3cc(Cl)c(Cl)cc3n2COCC[Si](C)(C)C)c2nc(N3CCOCC3)nc3c(-c4cscn4)cnn23)cc1. The molecule has 0 amide bonds. The Morgan fingerprint density at radius 1 is 1.00 bits per heavy atom. The van der Waals surface area contributed by atoms with Crippen LogP contribution < -0.4 is 14.5 Å². The third kappa shape index (κ3) is 7.60. The van der Waals surface area contributed by atoms with Gasteiger partial charge in [-0.25, -0.2) is 9.97 Å². The first-order chi connectivity index (χ1) is 24.2. The van der Waals surface area contributed by atoms with E-state index in [9.17, 15) is 0 Å². The van der Waals surface area contributed by atoms with E-state index in [1.807, 2.05) is 41.4 Å². The van der Waals surface area contributed by atoms with Crippen LogP contribution in [0.25, 0.3) is 27.9 Å². The fraction of sp³-hybridized carbons (Fsp3) is 0.382. The monoisotopic (exact) mass is 751 g/mol. The van der Waals surface area contributed by atoms with E-state index in [0.29, 0.717) is 80.3 Å². The molecule has 6 aromatic rings. The van der Waals surface area contributed by atoms with Crippen LogP contribution in [-0.2, 0) is 29.3 Å². The summed E-state index contributed by atoms with van der Waals surface area (Å²) in [5.74, 6) is 2.77. The fourth-order valence-corrected chi connectivity index (χ4v) is 7.40. The van der Waals surface area contributed by atoms with Crippen LogP contribution in [0.4, 0.5) is 11.9 Å². The molecule has 1 aliphatic heterocycles. The molecular formula is C34H39Cl2N9O3SSi. The first kappa shape index (κ1) is 34.6. The number of hydrogen-bond acceptors (Lipinski definition) is 11. The normalized spacial score (nSPS) is 13.8. The highest BCUT2D eigenvalue weighted by Crippen LogP contribution is 2.32. The molecule has 1 aliphatic rings. The number of methoxy groups -OCH3 is 1. The van der Waals surface area contributed by atoms with Crippen molar-refractivity contribution in [3.63, 3.8) is 0 Å². The maximum absolute atomic E-state index is 6.55. The lowest BCUT2D eigenvalue weighted by Crippen LogP contribution is -2.38. The van der Waals surface area contributed by atoms with Gasteiger partial charge in [0.05, 0.1) is 70.9 Å². The van der Waals surface area contributed by atoms with E-state index in [0.717, 1.165) is 45.5 Å². The number of fused-ring (bicyclic) bond motifs is 2. The molecule has 0 unspecified atom stereocenters. The van der Waals surface area contributed by atoms with E-state index in [-0.39, 0.29) is 0 Å². The van der Waals surface area contributed by atoms with Crippen LogP contribution in [0.2, 0.25) is 35.7 Å². The molecule has 0 saturated carbocycles. The molecule has 1 fully saturated rings. The zero-order chi connectivity index (χ0) is 34.8. The number of hydrogen-bond donors (Lipinski definition) is 0. The summed E-state index contributed by atoms with van der Waals surface area (Å²) < 4.78 is 21.3. The van der Waals surface area contributed by atoms with Crippen molar-refractivity contribution in [1.29, 1.82) is 0 Å². The second kappa shape index (κ2) is 14.8. The number of rotatable bonds is 13. The second-order valence-electron chi connectivity index (χ2n) is 13.4. The van der Waals surface area contributed by atoms with Crippen LogP contribution in [-0.4, -0.2) is 82.2 Å². The smallest absolute Gasteiger partial charge is 0.232 e. The zero-order valence-corrected chi connectivity index (χ0v) is 31.8. The summed E-state index contributed by atoms with van der Waals surface area (Å²) >= 11 is 14.6. The Morgan fingerprint density at radius 2 is 1.78 bits per heavy atom. The van der Waals surface area contributed by atoms with Gasteiger partial charge >= 0.3 is 0 Å². The van der Waals surface area contributed by atoms with Gasteiger partial charge in [0, 0.05) is 39.7 Å². The summed E-state index contributed by atoms with van der Waals surface area (Å²) in [4.78, 5) is 24.2.